The van der Waals surface area contributed by atoms with Crippen LogP contribution in [0.15, 0.2) is 46.6 Å². The van der Waals surface area contributed by atoms with Crippen molar-refractivity contribution in [2.75, 3.05) is 233 Å². The number of hydrogen-bond donors (Lipinski definition) is 0. The van der Waals surface area contributed by atoms with Gasteiger partial charge in [0.25, 0.3) is 0 Å². The first-order valence-corrected chi connectivity index (χ1v) is 42.2. The van der Waals surface area contributed by atoms with Crippen molar-refractivity contribution in [1.29, 1.82) is 0 Å². The Kier molecular flexibility index (Phi) is 35.8. The predicted molar refractivity (Wildman–Crippen MR) is 407 cm³/mol. The van der Waals surface area contributed by atoms with Crippen molar-refractivity contribution in [2.45, 2.75) is 198 Å². The summed E-state index contributed by atoms with van der Waals surface area (Å²) in [7, 11) is 7.87. The van der Waals surface area contributed by atoms with Gasteiger partial charge < -0.3 is 37.4 Å². The van der Waals surface area contributed by atoms with Crippen LogP contribution in [0.4, 0.5) is 0 Å². The molecule has 0 aromatic carbocycles. The van der Waals surface area contributed by atoms with Crippen molar-refractivity contribution in [1.82, 2.24) is 47.6 Å². The summed E-state index contributed by atoms with van der Waals surface area (Å²) < 4.78 is 92.6. The van der Waals surface area contributed by atoms with Gasteiger partial charge in [0.15, 0.2) is 0 Å². The Morgan fingerprint density at radius 2 is 0.742 bits per heavy atom. The van der Waals surface area contributed by atoms with Crippen molar-refractivity contribution in [3.8, 4) is 0 Å². The van der Waals surface area contributed by atoms with E-state index in [1.807, 2.05) is 56.3 Å². The topological polar surface area (TPSA) is 139 Å². The predicted octanol–water partition coefficient (Wildman–Crippen LogP) is 11.6. The van der Waals surface area contributed by atoms with Crippen molar-refractivity contribution in [2.24, 2.45) is 0 Å². The second-order valence-corrected chi connectivity index (χ2v) is 42.9. The third kappa shape index (κ3) is 29.4. The molecule has 568 valence electrons. The molecule has 6 aliphatic heterocycles. The van der Waals surface area contributed by atoms with Gasteiger partial charge in [-0.25, -0.2) is 28.0 Å². The second kappa shape index (κ2) is 39.3. The summed E-state index contributed by atoms with van der Waals surface area (Å²) in [6.45, 7) is 62.3. The SMILES string of the molecule is CC(C)=CCC/C(C)=C/C[N+]1(C)CCN(P(=O)(COCC2CN(C(C)(C)C)CC(C)O2)N(C)C)CC1.CC(C)=CCN1CCN(P(=O)(COCC2CN(C(C)(C)C)CC(C)O2)N(C)C)CC1.CC(C)=CC[N+]1(C)CCN(P(=O)(COCC2CN(C(C)(C)C)CC(C)O2)N(C)C)CC1. The molecule has 24 heteroatoms. The monoisotopic (exact) mass is 1430 g/mol. The molecule has 9 unspecified atom stereocenters. The average molecular weight is 1430 g/mol. The van der Waals surface area contributed by atoms with Crippen LogP contribution in [0.3, 0.4) is 0 Å². The number of nitrogens with zero attached hydrogens (tertiary/aromatic N) is 12. The molecule has 6 aliphatic rings. The maximum Gasteiger partial charge on any atom is 0.241 e. The molecule has 0 saturated carbocycles. The number of likely N-dealkylation sites (N-methyl/N-ethyl adjacent to an activating group) is 2. The quantitative estimate of drug-likeness (QED) is 0.0437. The standard InChI is InChI=1S/C28H56N4O3P.C23H48N4O3P.C22H45N4O3P/c1-24(2)12-11-13-25(3)14-17-32(10)18-15-31(16-19-32)36(33,29(8)9)23-34-22-27-21-30(28(5,6)7)20-26(4)35-27;1-20(2)10-13-27(9)14-11-26(12-15-27)31(28,24(7)8)19-29-18-22-17-25(23(4,5)6)16-21(3)30-22;1-19(2)9-10-24-11-13-26(14-12-24)30(27,23(7)8)18-28-17-21-16-25(22(4,5)6)15-20(3)29-21/h12,14,26-27H,11,13,15-23H2,1-10H3;10,21-22H,11-19H2,1-9H3;9,20-21H,10-18H2,1-8H3/q2*+1;/b25-14+;;. The maximum atomic E-state index is 14.1. The molecule has 6 rings (SSSR count). The minimum atomic E-state index is -2.77. The lowest BCUT2D eigenvalue weighted by Gasteiger charge is -2.45. The van der Waals surface area contributed by atoms with E-state index in [9.17, 15) is 13.7 Å². The van der Waals surface area contributed by atoms with Gasteiger partial charge >= 0.3 is 0 Å². The molecule has 0 amide bonds. The zero-order chi connectivity index (χ0) is 73.1. The minimum Gasteiger partial charge on any atom is -0.370 e. The highest BCUT2D eigenvalue weighted by atomic mass is 31.2. The van der Waals surface area contributed by atoms with Crippen LogP contribution in [-0.4, -0.2) is 343 Å². The van der Waals surface area contributed by atoms with Crippen molar-refractivity contribution in [3.05, 3.63) is 46.6 Å². The third-order valence-corrected chi connectivity index (χ3v) is 29.5. The van der Waals surface area contributed by atoms with Gasteiger partial charge in [0.2, 0.25) is 22.3 Å². The minimum absolute atomic E-state index is 0.0108. The molecule has 0 N–H and O–H groups in total. The van der Waals surface area contributed by atoms with Crippen LogP contribution in [-0.2, 0) is 42.1 Å². The largest absolute Gasteiger partial charge is 0.370 e. The molecule has 0 bridgehead atoms. The van der Waals surface area contributed by atoms with E-state index in [-0.39, 0.29) is 72.3 Å². The number of morpholine rings is 3. The van der Waals surface area contributed by atoms with Crippen molar-refractivity contribution >= 4 is 22.3 Å². The van der Waals surface area contributed by atoms with Crippen LogP contribution < -0.4 is 0 Å². The molecule has 97 heavy (non-hydrogen) atoms. The Morgan fingerprint density at radius 3 is 1.03 bits per heavy atom. The van der Waals surface area contributed by atoms with Gasteiger partial charge in [-0.2, -0.15) is 0 Å². The molecular weight excluding hydrogens is 1280 g/mol. The van der Waals surface area contributed by atoms with Crippen LogP contribution in [0, 0.1) is 0 Å². The molecule has 0 radical (unpaired) electrons. The third-order valence-electron chi connectivity index (χ3n) is 20.3. The smallest absolute Gasteiger partial charge is 0.241 e. The molecular formula is C73H149N12O9P3+2. The molecule has 0 spiro atoms. The number of rotatable bonds is 27. The van der Waals surface area contributed by atoms with E-state index in [2.05, 4.69) is 204 Å². The number of quaternary nitrogens is 2. The Morgan fingerprint density at radius 1 is 0.443 bits per heavy atom. The zero-order valence-corrected chi connectivity index (χ0v) is 69.8. The van der Waals surface area contributed by atoms with E-state index in [4.69, 9.17) is 28.4 Å². The number of ether oxygens (including phenoxy) is 6. The van der Waals surface area contributed by atoms with E-state index in [0.717, 1.165) is 159 Å². The van der Waals surface area contributed by atoms with Crippen LogP contribution in [0.5, 0.6) is 0 Å². The van der Waals surface area contributed by atoms with Gasteiger partial charge in [-0.15, -0.1) is 0 Å². The van der Waals surface area contributed by atoms with Crippen molar-refractivity contribution in [3.63, 3.8) is 0 Å². The van der Waals surface area contributed by atoms with E-state index in [1.54, 1.807) is 0 Å². The Hall–Kier alpha value is -1.07. The molecule has 6 heterocycles. The van der Waals surface area contributed by atoms with Crippen LogP contribution >= 0.6 is 22.3 Å². The molecule has 6 saturated heterocycles. The fourth-order valence-electron chi connectivity index (χ4n) is 13.2. The van der Waals surface area contributed by atoms with E-state index in [1.165, 1.54) is 22.3 Å². The lowest BCUT2D eigenvalue weighted by atomic mass is 10.0. The molecule has 21 nitrogen and oxygen atoms in total. The van der Waals surface area contributed by atoms with Gasteiger partial charge in [0, 0.05) is 88.6 Å². The summed E-state index contributed by atoms with van der Waals surface area (Å²) in [4.78, 5) is 9.79. The van der Waals surface area contributed by atoms with Crippen molar-refractivity contribution < 1.29 is 51.1 Å². The summed E-state index contributed by atoms with van der Waals surface area (Å²) in [5.41, 5.74) is 5.88. The number of allylic oxidation sites excluding steroid dienone is 5. The van der Waals surface area contributed by atoms with E-state index in [0.29, 0.717) is 19.8 Å². The first-order chi connectivity index (χ1) is 44.8. The summed E-state index contributed by atoms with van der Waals surface area (Å²) in [6, 6.07) is 0. The van der Waals surface area contributed by atoms with E-state index < -0.39 is 22.3 Å². The highest BCUT2D eigenvalue weighted by molar-refractivity contribution is 7.59. The number of hydrogen-bond acceptors (Lipinski definition) is 13. The molecule has 0 aliphatic carbocycles. The first kappa shape index (κ1) is 88.3. The average Bonchev–Trinajstić information content (AvgIpc) is 0.824. The van der Waals surface area contributed by atoms with Crippen LogP contribution in [0.1, 0.15) is 144 Å². The Labute approximate surface area is 595 Å². The van der Waals surface area contributed by atoms with Crippen LogP contribution in [0.2, 0.25) is 0 Å². The van der Waals surface area contributed by atoms with Gasteiger partial charge in [-0.1, -0.05) is 34.4 Å². The maximum absolute atomic E-state index is 14.1. The fourth-order valence-corrected chi connectivity index (χ4v) is 19.3. The summed E-state index contributed by atoms with van der Waals surface area (Å²) in [6.07, 6.45) is 12.9. The Bertz CT molecular complexity index is 2600. The fraction of sp³-hybridized carbons (Fsp3) is 0.890. The van der Waals surface area contributed by atoms with Gasteiger partial charge in [-0.3, -0.25) is 33.3 Å². The van der Waals surface area contributed by atoms with Gasteiger partial charge in [-0.05, 0) is 199 Å². The molecule has 0 aromatic heterocycles. The summed E-state index contributed by atoms with van der Waals surface area (Å²) in [5, 5.41) is 0. The van der Waals surface area contributed by atoms with Gasteiger partial charge in [0.1, 0.15) is 19.0 Å². The van der Waals surface area contributed by atoms with Gasteiger partial charge in [0.05, 0.1) is 136 Å². The highest BCUT2D eigenvalue weighted by Gasteiger charge is 2.44. The van der Waals surface area contributed by atoms with E-state index >= 15 is 0 Å². The first-order valence-electron chi connectivity index (χ1n) is 36.8. The zero-order valence-electron chi connectivity index (χ0n) is 67.2. The number of piperazine rings is 3. The normalized spacial score (nSPS) is 27.0. The summed E-state index contributed by atoms with van der Waals surface area (Å²) in [5.74, 6) is 0. The highest BCUT2D eigenvalue weighted by Crippen LogP contribution is 2.54. The Balaban J connectivity index is 0.000000311. The molecule has 6 fully saturated rings. The second-order valence-electron chi connectivity index (χ2n) is 34.1. The lowest BCUT2D eigenvalue weighted by Crippen LogP contribution is -2.57. The molecule has 9 atom stereocenters. The molecule has 0 aromatic rings. The van der Waals surface area contributed by atoms with Crippen LogP contribution in [0.25, 0.3) is 0 Å². The summed E-state index contributed by atoms with van der Waals surface area (Å²) >= 11 is 0. The lowest BCUT2D eigenvalue weighted by molar-refractivity contribution is -0.907.